The molecule has 1 rings (SSSR count). The fraction of sp³-hybridized carbons (Fsp3) is 0.333. The number of primary sulfonamides is 2. The lowest BCUT2D eigenvalue weighted by molar-refractivity contribution is 0.594. The van der Waals surface area contributed by atoms with Crippen molar-refractivity contribution in [1.82, 2.24) is 0 Å². The maximum atomic E-state index is 11.3. The first kappa shape index (κ1) is 14.9. The van der Waals surface area contributed by atoms with E-state index in [-0.39, 0.29) is 23.6 Å². The molecule has 1 aromatic rings. The van der Waals surface area contributed by atoms with Gasteiger partial charge >= 0.3 is 0 Å². The number of nitrogens with two attached hydrogens (primary N) is 2. The van der Waals surface area contributed by atoms with Gasteiger partial charge in [-0.15, -0.1) is 0 Å². The van der Waals surface area contributed by atoms with Crippen molar-refractivity contribution in [2.75, 3.05) is 17.6 Å². The van der Waals surface area contributed by atoms with Crippen molar-refractivity contribution >= 4 is 25.7 Å². The van der Waals surface area contributed by atoms with Crippen LogP contribution in [0.4, 0.5) is 5.69 Å². The van der Waals surface area contributed by atoms with E-state index in [1.165, 1.54) is 6.07 Å². The normalized spacial score (nSPS) is 12.3. The van der Waals surface area contributed by atoms with Crippen LogP contribution in [0.25, 0.3) is 0 Å². The number of hydrogen-bond acceptors (Lipinski definition) is 5. The second-order valence-corrected chi connectivity index (χ2v) is 6.95. The Morgan fingerprint density at radius 3 is 2.22 bits per heavy atom. The summed E-state index contributed by atoms with van der Waals surface area (Å²) in [5, 5.41) is 12.7. The van der Waals surface area contributed by atoms with Crippen LogP contribution in [-0.4, -0.2) is 29.1 Å². The predicted molar refractivity (Wildman–Crippen MR) is 68.9 cm³/mol. The summed E-state index contributed by atoms with van der Waals surface area (Å²) in [5.41, 5.74) is 0.342. The lowest BCUT2D eigenvalue weighted by Crippen LogP contribution is -2.19. The van der Waals surface area contributed by atoms with Gasteiger partial charge in [0.2, 0.25) is 20.0 Å². The lowest BCUT2D eigenvalue weighted by Gasteiger charge is -2.09. The molecule has 0 aliphatic heterocycles. The second-order valence-electron chi connectivity index (χ2n) is 3.69. The van der Waals surface area contributed by atoms with Crippen LogP contribution in [0.2, 0.25) is 0 Å². The summed E-state index contributed by atoms with van der Waals surface area (Å²) >= 11 is 0. The molecule has 0 unspecified atom stereocenters. The molecule has 0 bridgehead atoms. The zero-order chi connectivity index (χ0) is 13.8. The van der Waals surface area contributed by atoms with Gasteiger partial charge in [0.25, 0.3) is 0 Å². The quantitative estimate of drug-likeness (QED) is 0.604. The van der Waals surface area contributed by atoms with Crippen LogP contribution in [0.15, 0.2) is 29.2 Å². The van der Waals surface area contributed by atoms with E-state index in [2.05, 4.69) is 5.32 Å². The molecule has 102 valence electrons. The molecule has 0 aliphatic carbocycles. The number of hydrogen-bond donors (Lipinski definition) is 3. The Morgan fingerprint density at radius 1 is 1.06 bits per heavy atom. The van der Waals surface area contributed by atoms with Crippen molar-refractivity contribution in [1.29, 1.82) is 0 Å². The Hall–Kier alpha value is -1.16. The molecule has 0 radical (unpaired) electrons. The summed E-state index contributed by atoms with van der Waals surface area (Å²) < 4.78 is 43.9. The van der Waals surface area contributed by atoms with Crippen molar-refractivity contribution in [3.05, 3.63) is 24.3 Å². The number of benzene rings is 1. The van der Waals surface area contributed by atoms with Crippen LogP contribution in [0, 0.1) is 0 Å². The van der Waals surface area contributed by atoms with E-state index in [1.54, 1.807) is 18.2 Å². The van der Waals surface area contributed by atoms with Gasteiger partial charge in [-0.25, -0.2) is 27.1 Å². The maximum absolute atomic E-state index is 11.3. The van der Waals surface area contributed by atoms with Gasteiger partial charge in [0.1, 0.15) is 4.90 Å². The Labute approximate surface area is 106 Å². The topological polar surface area (TPSA) is 132 Å². The first-order valence-corrected chi connectivity index (χ1v) is 8.32. The Balaban J connectivity index is 2.69. The van der Waals surface area contributed by atoms with Gasteiger partial charge in [0, 0.05) is 6.54 Å². The minimum absolute atomic E-state index is 0.0272. The summed E-state index contributed by atoms with van der Waals surface area (Å²) in [6.45, 7) is 0.281. The van der Waals surface area contributed by atoms with Crippen molar-refractivity contribution in [2.45, 2.75) is 11.3 Å². The molecule has 0 aliphatic rings. The fourth-order valence-electron chi connectivity index (χ4n) is 1.36. The molecule has 0 amide bonds. The van der Waals surface area contributed by atoms with Crippen molar-refractivity contribution in [3.63, 3.8) is 0 Å². The highest BCUT2D eigenvalue weighted by atomic mass is 32.2. The molecule has 0 atom stereocenters. The Bertz CT molecular complexity index is 610. The second kappa shape index (κ2) is 5.65. The molecule has 1 aromatic carbocycles. The van der Waals surface area contributed by atoms with E-state index >= 15 is 0 Å². The van der Waals surface area contributed by atoms with Gasteiger partial charge < -0.3 is 5.32 Å². The van der Waals surface area contributed by atoms with Gasteiger partial charge in [0.15, 0.2) is 0 Å². The molecule has 0 heterocycles. The molecule has 5 N–H and O–H groups in total. The van der Waals surface area contributed by atoms with Gasteiger partial charge in [-0.05, 0) is 18.6 Å². The first-order chi connectivity index (χ1) is 8.20. The van der Waals surface area contributed by atoms with Crippen LogP contribution in [0.1, 0.15) is 6.42 Å². The third kappa shape index (κ3) is 5.00. The third-order valence-electron chi connectivity index (χ3n) is 2.11. The zero-order valence-corrected chi connectivity index (χ0v) is 11.2. The van der Waals surface area contributed by atoms with E-state index in [9.17, 15) is 16.8 Å². The number of sulfonamides is 2. The molecule has 0 aromatic heterocycles. The van der Waals surface area contributed by atoms with E-state index in [1.807, 2.05) is 0 Å². The maximum Gasteiger partial charge on any atom is 0.240 e. The average Bonchev–Trinajstić information content (AvgIpc) is 2.22. The first-order valence-electron chi connectivity index (χ1n) is 5.06. The van der Waals surface area contributed by atoms with Gasteiger partial charge in [-0.3, -0.25) is 0 Å². The summed E-state index contributed by atoms with van der Waals surface area (Å²) in [6, 6.07) is 6.12. The van der Waals surface area contributed by atoms with E-state index in [4.69, 9.17) is 10.3 Å². The zero-order valence-electron chi connectivity index (χ0n) is 9.53. The van der Waals surface area contributed by atoms with Gasteiger partial charge in [0.05, 0.1) is 11.4 Å². The summed E-state index contributed by atoms with van der Waals surface area (Å²) in [6.07, 6.45) is 0.276. The molecule has 0 saturated heterocycles. The number of para-hydroxylation sites is 1. The van der Waals surface area contributed by atoms with Crippen LogP contribution >= 0.6 is 0 Å². The van der Waals surface area contributed by atoms with Crippen molar-refractivity contribution < 1.29 is 16.8 Å². The van der Waals surface area contributed by atoms with E-state index in [0.29, 0.717) is 5.69 Å². The lowest BCUT2D eigenvalue weighted by atomic mass is 10.3. The van der Waals surface area contributed by atoms with Crippen molar-refractivity contribution in [3.8, 4) is 0 Å². The van der Waals surface area contributed by atoms with Crippen LogP contribution in [0.3, 0.4) is 0 Å². The Morgan fingerprint density at radius 2 is 1.67 bits per heavy atom. The number of anilines is 1. The fourth-order valence-corrected chi connectivity index (χ4v) is 2.62. The molecule has 9 heteroatoms. The highest BCUT2D eigenvalue weighted by molar-refractivity contribution is 7.89. The third-order valence-corrected chi connectivity index (χ3v) is 3.94. The van der Waals surface area contributed by atoms with E-state index < -0.39 is 20.0 Å². The number of nitrogens with one attached hydrogen (secondary N) is 1. The smallest absolute Gasteiger partial charge is 0.240 e. The predicted octanol–water partition coefficient (Wildman–Crippen LogP) is -0.575. The van der Waals surface area contributed by atoms with Gasteiger partial charge in [-0.1, -0.05) is 12.1 Å². The minimum atomic E-state index is -3.80. The summed E-state index contributed by atoms with van der Waals surface area (Å²) in [5.74, 6) is -0.169. The molecular formula is C9H15N3O4S2. The highest BCUT2D eigenvalue weighted by Crippen LogP contribution is 2.18. The van der Waals surface area contributed by atoms with Gasteiger partial charge in [-0.2, -0.15) is 0 Å². The molecule has 0 saturated carbocycles. The summed E-state index contributed by atoms with van der Waals surface area (Å²) in [7, 11) is -7.30. The summed E-state index contributed by atoms with van der Waals surface area (Å²) in [4.78, 5) is -0.0272. The van der Waals surface area contributed by atoms with Crippen LogP contribution in [-0.2, 0) is 20.0 Å². The van der Waals surface area contributed by atoms with Crippen LogP contribution in [0.5, 0.6) is 0 Å². The number of rotatable bonds is 6. The molecule has 0 spiro atoms. The molecule has 18 heavy (non-hydrogen) atoms. The van der Waals surface area contributed by atoms with Crippen LogP contribution < -0.4 is 15.6 Å². The Kier molecular flexibility index (Phi) is 4.68. The van der Waals surface area contributed by atoms with E-state index in [0.717, 1.165) is 0 Å². The largest absolute Gasteiger partial charge is 0.384 e. The monoisotopic (exact) mass is 293 g/mol. The minimum Gasteiger partial charge on any atom is -0.384 e. The average molecular weight is 293 g/mol. The molecular weight excluding hydrogens is 278 g/mol. The van der Waals surface area contributed by atoms with Crippen molar-refractivity contribution in [2.24, 2.45) is 10.3 Å². The highest BCUT2D eigenvalue weighted by Gasteiger charge is 2.12. The standard InChI is InChI=1S/C9H15N3O4S2/c10-17(13,14)7-3-6-12-8-4-1-2-5-9(8)18(11,15)16/h1-2,4-5,12H,3,6-7H2,(H2,10,13,14)(H2,11,15,16). The molecule has 0 fully saturated rings. The molecule has 7 nitrogen and oxygen atoms in total. The SMILES string of the molecule is NS(=O)(=O)CCCNc1ccccc1S(N)(=O)=O.